The van der Waals surface area contributed by atoms with Crippen molar-refractivity contribution in [2.45, 2.75) is 13.0 Å². The molecule has 2 aromatic carbocycles. The maximum atomic E-state index is 14.3. The number of carbonyl (C=O) groups excluding carboxylic acids is 1. The SMILES string of the molecule is Cc1cc(I)ccc1Nc1c(C(=O)NOCC(O)CO)cc(F)c(F)c1F. The smallest absolute Gasteiger partial charge is 0.277 e. The van der Waals surface area contributed by atoms with Crippen molar-refractivity contribution in [3.05, 3.63) is 56.4 Å². The van der Waals surface area contributed by atoms with Crippen molar-refractivity contribution in [1.29, 1.82) is 0 Å². The second kappa shape index (κ2) is 9.35. The van der Waals surface area contributed by atoms with E-state index in [9.17, 15) is 18.0 Å². The van der Waals surface area contributed by atoms with Crippen LogP contribution in [-0.4, -0.2) is 35.4 Å². The zero-order chi connectivity index (χ0) is 20.1. The highest BCUT2D eigenvalue weighted by Crippen LogP contribution is 2.30. The van der Waals surface area contributed by atoms with Gasteiger partial charge in [0.2, 0.25) is 0 Å². The van der Waals surface area contributed by atoms with Gasteiger partial charge in [0.05, 0.1) is 17.9 Å². The van der Waals surface area contributed by atoms with Crippen LogP contribution in [0, 0.1) is 27.9 Å². The normalized spacial score (nSPS) is 12.0. The summed E-state index contributed by atoms with van der Waals surface area (Å²) in [5.74, 6) is -5.90. The molecule has 0 spiro atoms. The summed E-state index contributed by atoms with van der Waals surface area (Å²) in [6.45, 7) is 0.670. The van der Waals surface area contributed by atoms with Crippen LogP contribution in [0.2, 0.25) is 0 Å². The fourth-order valence-corrected chi connectivity index (χ4v) is 2.76. The molecule has 0 aliphatic rings. The van der Waals surface area contributed by atoms with Crippen LogP contribution >= 0.6 is 22.6 Å². The average Bonchev–Trinajstić information content (AvgIpc) is 2.63. The Kier molecular flexibility index (Phi) is 7.41. The van der Waals surface area contributed by atoms with E-state index in [-0.39, 0.29) is 0 Å². The van der Waals surface area contributed by atoms with Crippen LogP contribution in [0.4, 0.5) is 24.5 Å². The monoisotopic (exact) mass is 496 g/mol. The lowest BCUT2D eigenvalue weighted by Crippen LogP contribution is -2.30. The number of amides is 1. The molecule has 0 aliphatic carbocycles. The number of nitrogens with one attached hydrogen (secondary N) is 2. The number of rotatable bonds is 7. The fraction of sp³-hybridized carbons (Fsp3) is 0.235. The van der Waals surface area contributed by atoms with E-state index in [1.54, 1.807) is 25.1 Å². The molecule has 4 N–H and O–H groups in total. The summed E-state index contributed by atoms with van der Waals surface area (Å²) in [5.41, 5.74) is 1.86. The fourth-order valence-electron chi connectivity index (χ4n) is 2.11. The first-order chi connectivity index (χ1) is 12.7. The molecule has 1 atom stereocenters. The van der Waals surface area contributed by atoms with E-state index in [1.165, 1.54) is 0 Å². The molecule has 146 valence electrons. The Morgan fingerprint density at radius 2 is 1.96 bits per heavy atom. The van der Waals surface area contributed by atoms with Crippen molar-refractivity contribution in [3.63, 3.8) is 0 Å². The average molecular weight is 496 g/mol. The van der Waals surface area contributed by atoms with E-state index in [0.717, 1.165) is 3.57 Å². The standard InChI is InChI=1S/C17H16F3IN2O4/c1-8-4-9(21)2-3-13(8)22-16-11(5-12(18)14(19)15(16)20)17(26)23-27-7-10(25)6-24/h2-5,10,22,24-25H,6-7H2,1H3,(H,23,26). The Balaban J connectivity index is 2.34. The predicted molar refractivity (Wildman–Crippen MR) is 100 cm³/mol. The molecule has 0 radical (unpaired) electrons. The van der Waals surface area contributed by atoms with Crippen molar-refractivity contribution in [3.8, 4) is 0 Å². The van der Waals surface area contributed by atoms with Gasteiger partial charge in [-0.05, 0) is 59.3 Å². The van der Waals surface area contributed by atoms with E-state index in [1.807, 2.05) is 5.48 Å². The van der Waals surface area contributed by atoms with Gasteiger partial charge in [0.15, 0.2) is 17.5 Å². The minimum atomic E-state index is -1.73. The lowest BCUT2D eigenvalue weighted by atomic mass is 10.1. The van der Waals surface area contributed by atoms with Crippen LogP contribution in [-0.2, 0) is 4.84 Å². The number of hydroxylamine groups is 1. The molecule has 1 unspecified atom stereocenters. The first kappa shape index (κ1) is 21.4. The highest BCUT2D eigenvalue weighted by atomic mass is 127. The first-order valence-electron chi connectivity index (χ1n) is 7.66. The number of hydrogen-bond acceptors (Lipinski definition) is 5. The maximum Gasteiger partial charge on any atom is 0.277 e. The van der Waals surface area contributed by atoms with Crippen molar-refractivity contribution in [2.75, 3.05) is 18.5 Å². The van der Waals surface area contributed by atoms with Crippen LogP contribution in [0.1, 0.15) is 15.9 Å². The van der Waals surface area contributed by atoms with Crippen LogP contribution in [0.5, 0.6) is 0 Å². The molecule has 2 rings (SSSR count). The highest BCUT2D eigenvalue weighted by Gasteiger charge is 2.24. The number of anilines is 2. The summed E-state index contributed by atoms with van der Waals surface area (Å²) in [5, 5.41) is 20.4. The third kappa shape index (κ3) is 5.31. The summed E-state index contributed by atoms with van der Waals surface area (Å²) in [4.78, 5) is 16.9. The molecule has 0 saturated heterocycles. The van der Waals surface area contributed by atoms with Crippen LogP contribution < -0.4 is 10.8 Å². The minimum Gasteiger partial charge on any atom is -0.394 e. The zero-order valence-corrected chi connectivity index (χ0v) is 16.2. The topological polar surface area (TPSA) is 90.8 Å². The second-order valence-corrected chi connectivity index (χ2v) is 6.82. The van der Waals surface area contributed by atoms with Gasteiger partial charge in [-0.2, -0.15) is 0 Å². The van der Waals surface area contributed by atoms with E-state index >= 15 is 0 Å². The molecule has 27 heavy (non-hydrogen) atoms. The number of benzene rings is 2. The number of carbonyl (C=O) groups is 1. The lowest BCUT2D eigenvalue weighted by Gasteiger charge is -2.16. The van der Waals surface area contributed by atoms with E-state index in [4.69, 9.17) is 10.2 Å². The van der Waals surface area contributed by atoms with Gasteiger partial charge in [0, 0.05) is 9.26 Å². The number of aliphatic hydroxyl groups excluding tert-OH is 2. The summed E-state index contributed by atoms with van der Waals surface area (Å²) < 4.78 is 42.5. The van der Waals surface area contributed by atoms with Gasteiger partial charge >= 0.3 is 0 Å². The summed E-state index contributed by atoms with van der Waals surface area (Å²) in [6.07, 6.45) is -1.25. The quantitative estimate of drug-likeness (QED) is 0.269. The zero-order valence-electron chi connectivity index (χ0n) is 14.0. The molecule has 0 saturated carbocycles. The molecule has 0 bridgehead atoms. The Hall–Kier alpha value is -1.89. The Bertz CT molecular complexity index is 851. The molecule has 0 aliphatic heterocycles. The molecular formula is C17H16F3IN2O4. The number of aryl methyl sites for hydroxylation is 1. The summed E-state index contributed by atoms with van der Waals surface area (Å²) in [7, 11) is 0. The molecule has 0 fully saturated rings. The predicted octanol–water partition coefficient (Wildman–Crippen LogP) is 2.78. The lowest BCUT2D eigenvalue weighted by molar-refractivity contribution is -0.0295. The number of hydrogen-bond donors (Lipinski definition) is 4. The van der Waals surface area contributed by atoms with Crippen molar-refractivity contribution >= 4 is 39.9 Å². The number of halogens is 4. The van der Waals surface area contributed by atoms with E-state index in [2.05, 4.69) is 32.7 Å². The molecule has 10 heteroatoms. The first-order valence-corrected chi connectivity index (χ1v) is 8.74. The van der Waals surface area contributed by atoms with E-state index < -0.39 is 53.9 Å². The molecule has 2 aromatic rings. The van der Waals surface area contributed by atoms with Crippen molar-refractivity contribution in [1.82, 2.24) is 5.48 Å². The van der Waals surface area contributed by atoms with Gasteiger partial charge in [-0.25, -0.2) is 18.7 Å². The van der Waals surface area contributed by atoms with E-state index in [0.29, 0.717) is 17.3 Å². The van der Waals surface area contributed by atoms with Crippen molar-refractivity contribution in [2.24, 2.45) is 0 Å². The Morgan fingerprint density at radius 1 is 1.26 bits per heavy atom. The van der Waals surface area contributed by atoms with Gasteiger partial charge in [-0.15, -0.1) is 0 Å². The van der Waals surface area contributed by atoms with Gasteiger partial charge in [0.25, 0.3) is 5.91 Å². The van der Waals surface area contributed by atoms with Crippen molar-refractivity contribution < 1.29 is 33.0 Å². The van der Waals surface area contributed by atoms with Gasteiger partial charge in [0.1, 0.15) is 12.7 Å². The summed E-state index contributed by atoms with van der Waals surface area (Å²) in [6, 6.07) is 5.63. The highest BCUT2D eigenvalue weighted by molar-refractivity contribution is 14.1. The molecule has 0 heterocycles. The third-order valence-corrected chi connectivity index (χ3v) is 4.18. The third-order valence-electron chi connectivity index (χ3n) is 3.51. The number of aliphatic hydroxyl groups is 2. The van der Waals surface area contributed by atoms with Gasteiger partial charge in [-0.3, -0.25) is 9.63 Å². The molecule has 6 nitrogen and oxygen atoms in total. The van der Waals surface area contributed by atoms with Crippen LogP contribution in [0.3, 0.4) is 0 Å². The maximum absolute atomic E-state index is 14.3. The largest absolute Gasteiger partial charge is 0.394 e. The molecule has 1 amide bonds. The molecule has 0 aromatic heterocycles. The second-order valence-electron chi connectivity index (χ2n) is 5.57. The van der Waals surface area contributed by atoms with Crippen LogP contribution in [0.15, 0.2) is 24.3 Å². The Labute approximate surface area is 166 Å². The minimum absolute atomic E-state index is 0.394. The Morgan fingerprint density at radius 3 is 2.59 bits per heavy atom. The molecular weight excluding hydrogens is 480 g/mol. The van der Waals surface area contributed by atoms with Gasteiger partial charge < -0.3 is 15.5 Å². The summed E-state index contributed by atoms with van der Waals surface area (Å²) >= 11 is 2.08. The van der Waals surface area contributed by atoms with Gasteiger partial charge in [-0.1, -0.05) is 0 Å². The van der Waals surface area contributed by atoms with Crippen LogP contribution in [0.25, 0.3) is 0 Å².